The van der Waals surface area contributed by atoms with Gasteiger partial charge in [0.1, 0.15) is 0 Å². The highest BCUT2D eigenvalue weighted by Crippen LogP contribution is 2.34. The Balaban J connectivity index is 0. The van der Waals surface area contributed by atoms with Crippen molar-refractivity contribution in [3.05, 3.63) is 0 Å². The summed E-state index contributed by atoms with van der Waals surface area (Å²) in [5, 5.41) is 9.14. The smallest absolute Gasteiger partial charge is 0.0558 e. The molecule has 0 saturated heterocycles. The van der Waals surface area contributed by atoms with Crippen LogP contribution >= 0.6 is 0 Å². The molecule has 0 aliphatic rings. The highest BCUT2D eigenvalue weighted by molar-refractivity contribution is 4.87. The summed E-state index contributed by atoms with van der Waals surface area (Å²) in [5.74, 6) is 0. The Morgan fingerprint density at radius 3 is 1.78 bits per heavy atom. The van der Waals surface area contributed by atoms with E-state index in [1.165, 1.54) is 12.8 Å². The summed E-state index contributed by atoms with van der Waals surface area (Å²) in [5.41, 5.74) is 0.559. The van der Waals surface area contributed by atoms with Crippen molar-refractivity contribution in [2.24, 2.45) is 5.41 Å². The molecule has 0 amide bonds. The molecule has 0 bridgehead atoms. The molecule has 112 valence electrons. The first-order chi connectivity index (χ1) is 8.29. The van der Waals surface area contributed by atoms with E-state index in [0.717, 1.165) is 19.5 Å². The van der Waals surface area contributed by atoms with Gasteiger partial charge in [0.05, 0.1) is 6.61 Å². The number of hydrogen-bond acceptors (Lipinski definition) is 2. The molecule has 0 unspecified atom stereocenters. The lowest BCUT2D eigenvalue weighted by Crippen LogP contribution is -2.48. The van der Waals surface area contributed by atoms with Crippen LogP contribution in [0.1, 0.15) is 74.7 Å². The van der Waals surface area contributed by atoms with E-state index in [9.17, 15) is 0 Å². The standard InChI is InChI=1S/C14H31NO.C2H6/c1-7-9-15(10-11-16)14(5,6)12-13(3,4)8-2;1-2/h16H,7-12H2,1-6H3;1-2H3. The zero-order chi connectivity index (χ0) is 14.8. The number of nitrogens with zero attached hydrogens (tertiary/aromatic N) is 1. The maximum atomic E-state index is 9.14. The fourth-order valence-electron chi connectivity index (χ4n) is 2.52. The van der Waals surface area contributed by atoms with Crippen molar-refractivity contribution >= 4 is 0 Å². The molecule has 0 atom stereocenters. The molecular weight excluding hydrogens is 222 g/mol. The molecule has 0 radical (unpaired) electrons. The van der Waals surface area contributed by atoms with Crippen LogP contribution in [0.3, 0.4) is 0 Å². The van der Waals surface area contributed by atoms with Gasteiger partial charge in [-0.05, 0) is 38.6 Å². The molecule has 0 fully saturated rings. The van der Waals surface area contributed by atoms with Crippen LogP contribution < -0.4 is 0 Å². The third-order valence-corrected chi connectivity index (χ3v) is 3.59. The molecule has 0 aromatic rings. The van der Waals surface area contributed by atoms with Gasteiger partial charge in [-0.2, -0.15) is 0 Å². The minimum absolute atomic E-state index is 0.179. The van der Waals surface area contributed by atoms with Crippen LogP contribution in [0.5, 0.6) is 0 Å². The molecule has 18 heavy (non-hydrogen) atoms. The molecule has 2 heteroatoms. The quantitative estimate of drug-likeness (QED) is 0.701. The van der Waals surface area contributed by atoms with Crippen LogP contribution in [-0.4, -0.2) is 35.2 Å². The van der Waals surface area contributed by atoms with Crippen LogP contribution in [-0.2, 0) is 0 Å². The zero-order valence-corrected chi connectivity index (χ0v) is 14.1. The molecule has 0 saturated carbocycles. The molecule has 0 aliphatic heterocycles. The van der Waals surface area contributed by atoms with Gasteiger partial charge >= 0.3 is 0 Å². The number of hydrogen-bond donors (Lipinski definition) is 1. The minimum Gasteiger partial charge on any atom is -0.395 e. The highest BCUT2D eigenvalue weighted by Gasteiger charge is 2.31. The largest absolute Gasteiger partial charge is 0.395 e. The normalized spacial score (nSPS) is 12.3. The van der Waals surface area contributed by atoms with Crippen LogP contribution in [0.4, 0.5) is 0 Å². The molecule has 0 spiro atoms. The van der Waals surface area contributed by atoms with Gasteiger partial charge in [-0.1, -0.05) is 48.0 Å². The van der Waals surface area contributed by atoms with Crippen molar-refractivity contribution in [1.29, 1.82) is 0 Å². The molecule has 1 N–H and O–H groups in total. The Kier molecular flexibility index (Phi) is 11.0. The van der Waals surface area contributed by atoms with Crippen molar-refractivity contribution < 1.29 is 5.11 Å². The monoisotopic (exact) mass is 259 g/mol. The van der Waals surface area contributed by atoms with Crippen molar-refractivity contribution in [2.45, 2.75) is 80.2 Å². The molecule has 0 heterocycles. The van der Waals surface area contributed by atoms with Crippen LogP contribution in [0, 0.1) is 5.41 Å². The summed E-state index contributed by atoms with van der Waals surface area (Å²) < 4.78 is 0. The maximum absolute atomic E-state index is 9.14. The lowest BCUT2D eigenvalue weighted by molar-refractivity contribution is 0.0541. The fraction of sp³-hybridized carbons (Fsp3) is 1.00. The summed E-state index contributed by atoms with van der Waals surface area (Å²) in [6.07, 6.45) is 3.53. The first kappa shape index (κ1) is 20.2. The summed E-state index contributed by atoms with van der Waals surface area (Å²) in [4.78, 5) is 2.42. The fourth-order valence-corrected chi connectivity index (χ4v) is 2.52. The topological polar surface area (TPSA) is 23.5 Å². The summed E-state index contributed by atoms with van der Waals surface area (Å²) in [7, 11) is 0. The third kappa shape index (κ3) is 8.10. The van der Waals surface area contributed by atoms with E-state index in [2.05, 4.69) is 46.4 Å². The molecule has 2 nitrogen and oxygen atoms in total. The van der Waals surface area contributed by atoms with E-state index in [1.807, 2.05) is 13.8 Å². The number of rotatable bonds is 8. The second-order valence-corrected chi connectivity index (χ2v) is 6.22. The summed E-state index contributed by atoms with van der Waals surface area (Å²) >= 11 is 0. The lowest BCUT2D eigenvalue weighted by atomic mass is 9.77. The van der Waals surface area contributed by atoms with Crippen molar-refractivity contribution in [3.8, 4) is 0 Å². The van der Waals surface area contributed by atoms with Gasteiger partial charge < -0.3 is 5.11 Å². The van der Waals surface area contributed by atoms with E-state index in [4.69, 9.17) is 5.11 Å². The van der Waals surface area contributed by atoms with Gasteiger partial charge in [-0.3, -0.25) is 4.90 Å². The van der Waals surface area contributed by atoms with Gasteiger partial charge in [0.15, 0.2) is 0 Å². The average molecular weight is 259 g/mol. The SMILES string of the molecule is CC.CCCN(CCO)C(C)(C)CC(C)(C)CC. The third-order valence-electron chi connectivity index (χ3n) is 3.59. The van der Waals surface area contributed by atoms with Gasteiger partial charge in [0.2, 0.25) is 0 Å². The van der Waals surface area contributed by atoms with Crippen molar-refractivity contribution in [3.63, 3.8) is 0 Å². The second-order valence-electron chi connectivity index (χ2n) is 6.22. The lowest BCUT2D eigenvalue weighted by Gasteiger charge is -2.43. The number of aliphatic hydroxyl groups excluding tert-OH is 1. The van der Waals surface area contributed by atoms with Gasteiger partial charge in [0.25, 0.3) is 0 Å². The molecule has 0 aromatic heterocycles. The first-order valence-electron chi connectivity index (χ1n) is 7.65. The van der Waals surface area contributed by atoms with Gasteiger partial charge in [-0.25, -0.2) is 0 Å². The van der Waals surface area contributed by atoms with E-state index < -0.39 is 0 Å². The second kappa shape index (κ2) is 9.80. The predicted molar refractivity (Wildman–Crippen MR) is 83.1 cm³/mol. The Hall–Kier alpha value is -0.0800. The van der Waals surface area contributed by atoms with Gasteiger partial charge in [0, 0.05) is 12.1 Å². The molecule has 0 aromatic carbocycles. The molecule has 0 aliphatic carbocycles. The Labute approximate surface area is 116 Å². The number of aliphatic hydroxyl groups is 1. The molecular formula is C16H37NO. The predicted octanol–water partition coefficient (Wildman–Crippen LogP) is 4.32. The highest BCUT2D eigenvalue weighted by atomic mass is 16.3. The van der Waals surface area contributed by atoms with Crippen LogP contribution in [0.15, 0.2) is 0 Å². The number of β-amino-alcohol motifs (C(OH)–C–C–N with tert-alkyl or cyclic N) is 1. The van der Waals surface area contributed by atoms with E-state index in [0.29, 0.717) is 5.41 Å². The molecule has 0 rings (SSSR count). The first-order valence-corrected chi connectivity index (χ1v) is 7.65. The van der Waals surface area contributed by atoms with Crippen LogP contribution in [0.25, 0.3) is 0 Å². The van der Waals surface area contributed by atoms with E-state index in [-0.39, 0.29) is 12.1 Å². The Morgan fingerprint density at radius 1 is 0.944 bits per heavy atom. The zero-order valence-electron chi connectivity index (χ0n) is 14.1. The Morgan fingerprint density at radius 2 is 1.44 bits per heavy atom. The van der Waals surface area contributed by atoms with Gasteiger partial charge in [-0.15, -0.1) is 0 Å². The van der Waals surface area contributed by atoms with E-state index >= 15 is 0 Å². The summed E-state index contributed by atoms with van der Waals surface area (Å²) in [6, 6.07) is 0. The maximum Gasteiger partial charge on any atom is 0.0558 e. The van der Waals surface area contributed by atoms with Crippen molar-refractivity contribution in [1.82, 2.24) is 4.90 Å². The van der Waals surface area contributed by atoms with E-state index in [1.54, 1.807) is 0 Å². The minimum atomic E-state index is 0.179. The van der Waals surface area contributed by atoms with Crippen molar-refractivity contribution in [2.75, 3.05) is 19.7 Å². The van der Waals surface area contributed by atoms with Crippen LogP contribution in [0.2, 0.25) is 0 Å². The summed E-state index contributed by atoms with van der Waals surface area (Å²) in [6.45, 7) is 19.8. The average Bonchev–Trinajstić information content (AvgIpc) is 2.30. The Bertz CT molecular complexity index is 182.